The van der Waals surface area contributed by atoms with Gasteiger partial charge in [0.2, 0.25) is 5.91 Å². The van der Waals surface area contributed by atoms with Gasteiger partial charge in [0.05, 0.1) is 0 Å². The van der Waals surface area contributed by atoms with Crippen molar-refractivity contribution in [3.05, 3.63) is 0 Å². The highest BCUT2D eigenvalue weighted by Crippen LogP contribution is 2.17. The molecule has 0 fully saturated rings. The first-order valence-electron chi connectivity index (χ1n) is 4.88. The fourth-order valence-corrected chi connectivity index (χ4v) is 0.902. The molecule has 0 aromatic heterocycles. The Bertz CT molecular complexity index is 207. The molecule has 14 heavy (non-hydrogen) atoms. The molecule has 0 saturated heterocycles. The van der Waals surface area contributed by atoms with E-state index in [4.69, 9.17) is 5.73 Å². The van der Waals surface area contributed by atoms with E-state index >= 15 is 0 Å². The van der Waals surface area contributed by atoms with Gasteiger partial charge in [-0.05, 0) is 0 Å². The molecule has 82 valence electrons. The fraction of sp³-hybridized carbons (Fsp3) is 0.800. The maximum Gasteiger partial charge on any atom is 0.220 e. The van der Waals surface area contributed by atoms with Crippen molar-refractivity contribution in [3.63, 3.8) is 0 Å². The minimum Gasteiger partial charge on any atom is -0.355 e. The molecule has 3 N–H and O–H groups in total. The van der Waals surface area contributed by atoms with Crippen molar-refractivity contribution < 1.29 is 9.59 Å². The van der Waals surface area contributed by atoms with Crippen molar-refractivity contribution >= 4 is 11.7 Å². The van der Waals surface area contributed by atoms with Gasteiger partial charge in [-0.1, -0.05) is 20.8 Å². The lowest BCUT2D eigenvalue weighted by atomic mass is 9.88. The van der Waals surface area contributed by atoms with Crippen LogP contribution in [0.5, 0.6) is 0 Å². The summed E-state index contributed by atoms with van der Waals surface area (Å²) >= 11 is 0. The van der Waals surface area contributed by atoms with Gasteiger partial charge < -0.3 is 11.1 Å². The molecule has 0 aliphatic rings. The molecule has 0 aromatic carbocycles. The molecule has 0 radical (unpaired) electrons. The van der Waals surface area contributed by atoms with E-state index in [9.17, 15) is 9.59 Å². The highest BCUT2D eigenvalue weighted by Gasteiger charge is 2.21. The van der Waals surface area contributed by atoms with Crippen LogP contribution < -0.4 is 11.1 Å². The molecule has 0 aliphatic carbocycles. The van der Waals surface area contributed by atoms with Gasteiger partial charge in [-0.15, -0.1) is 0 Å². The van der Waals surface area contributed by atoms with E-state index in [1.165, 1.54) is 0 Å². The van der Waals surface area contributed by atoms with Crippen LogP contribution in [0.4, 0.5) is 0 Å². The Morgan fingerprint density at radius 3 is 2.21 bits per heavy atom. The number of nitrogens with one attached hydrogen (secondary N) is 1. The summed E-state index contributed by atoms with van der Waals surface area (Å²) in [6, 6.07) is 0. The van der Waals surface area contributed by atoms with Crippen LogP contribution in [-0.2, 0) is 9.59 Å². The number of hydrogen-bond donors (Lipinski definition) is 2. The normalized spacial score (nSPS) is 11.1. The van der Waals surface area contributed by atoms with Crippen LogP contribution >= 0.6 is 0 Å². The fourth-order valence-electron chi connectivity index (χ4n) is 0.902. The third-order valence-electron chi connectivity index (χ3n) is 1.88. The van der Waals surface area contributed by atoms with E-state index in [0.717, 1.165) is 0 Å². The molecular formula is C10H20N2O2. The number of amides is 1. The van der Waals surface area contributed by atoms with Crippen LogP contribution in [0.25, 0.3) is 0 Å². The summed E-state index contributed by atoms with van der Waals surface area (Å²) < 4.78 is 0. The van der Waals surface area contributed by atoms with Gasteiger partial charge in [-0.25, -0.2) is 0 Å². The minimum atomic E-state index is -0.353. The Labute approximate surface area is 85.2 Å². The molecule has 0 heterocycles. The SMILES string of the molecule is CC(C)(C)C(=O)CCC(=O)NCCN. The van der Waals surface area contributed by atoms with Crippen LogP contribution in [0, 0.1) is 5.41 Å². The van der Waals surface area contributed by atoms with Gasteiger partial charge in [-0.2, -0.15) is 0 Å². The van der Waals surface area contributed by atoms with Gasteiger partial charge >= 0.3 is 0 Å². The van der Waals surface area contributed by atoms with Crippen LogP contribution in [-0.4, -0.2) is 24.8 Å². The zero-order valence-electron chi connectivity index (χ0n) is 9.22. The first-order valence-corrected chi connectivity index (χ1v) is 4.88. The molecule has 0 aromatic rings. The lowest BCUT2D eigenvalue weighted by Crippen LogP contribution is -2.30. The number of carbonyl (C=O) groups is 2. The molecular weight excluding hydrogens is 180 g/mol. The summed E-state index contributed by atoms with van der Waals surface area (Å²) in [4.78, 5) is 22.6. The van der Waals surface area contributed by atoms with Gasteiger partial charge in [0, 0.05) is 31.3 Å². The Morgan fingerprint density at radius 1 is 1.21 bits per heavy atom. The van der Waals surface area contributed by atoms with Crippen molar-refractivity contribution in [2.45, 2.75) is 33.6 Å². The zero-order valence-corrected chi connectivity index (χ0v) is 9.22. The smallest absolute Gasteiger partial charge is 0.220 e. The first kappa shape index (κ1) is 13.1. The van der Waals surface area contributed by atoms with E-state index in [1.807, 2.05) is 20.8 Å². The summed E-state index contributed by atoms with van der Waals surface area (Å²) in [5.74, 6) is 0.00782. The molecule has 0 atom stereocenters. The number of hydrogen-bond acceptors (Lipinski definition) is 3. The molecule has 4 nitrogen and oxygen atoms in total. The number of Topliss-reactive ketones (excluding diaryl/α,β-unsaturated/α-hetero) is 1. The number of rotatable bonds is 5. The molecule has 4 heteroatoms. The second kappa shape index (κ2) is 5.75. The van der Waals surface area contributed by atoms with Gasteiger partial charge in [0.1, 0.15) is 5.78 Å². The van der Waals surface area contributed by atoms with Crippen molar-refractivity contribution in [1.82, 2.24) is 5.32 Å². The van der Waals surface area contributed by atoms with Crippen LogP contribution in [0.1, 0.15) is 33.6 Å². The average Bonchev–Trinajstić information content (AvgIpc) is 2.09. The predicted molar refractivity (Wildman–Crippen MR) is 55.8 cm³/mol. The Balaban J connectivity index is 3.73. The molecule has 1 amide bonds. The second-order valence-corrected chi connectivity index (χ2v) is 4.31. The average molecular weight is 200 g/mol. The van der Waals surface area contributed by atoms with Gasteiger partial charge in [-0.3, -0.25) is 9.59 Å². The first-order chi connectivity index (χ1) is 6.38. The summed E-state index contributed by atoms with van der Waals surface area (Å²) in [5, 5.41) is 2.62. The third kappa shape index (κ3) is 5.70. The van der Waals surface area contributed by atoms with Crippen LogP contribution in [0.15, 0.2) is 0 Å². The largest absolute Gasteiger partial charge is 0.355 e. The Hall–Kier alpha value is -0.900. The van der Waals surface area contributed by atoms with Crippen molar-refractivity contribution in [1.29, 1.82) is 0 Å². The zero-order chi connectivity index (χ0) is 11.2. The van der Waals surface area contributed by atoms with Crippen LogP contribution in [0.2, 0.25) is 0 Å². The van der Waals surface area contributed by atoms with E-state index in [-0.39, 0.29) is 23.5 Å². The minimum absolute atomic E-state index is 0.104. The monoisotopic (exact) mass is 200 g/mol. The van der Waals surface area contributed by atoms with E-state index < -0.39 is 0 Å². The van der Waals surface area contributed by atoms with Crippen molar-refractivity contribution in [2.24, 2.45) is 11.1 Å². The Morgan fingerprint density at radius 2 is 1.79 bits per heavy atom. The van der Waals surface area contributed by atoms with Gasteiger partial charge in [0.25, 0.3) is 0 Å². The number of nitrogens with two attached hydrogens (primary N) is 1. The molecule has 0 spiro atoms. The van der Waals surface area contributed by atoms with Crippen molar-refractivity contribution in [3.8, 4) is 0 Å². The molecule has 0 unspecified atom stereocenters. The topological polar surface area (TPSA) is 72.2 Å². The number of ketones is 1. The highest BCUT2D eigenvalue weighted by atomic mass is 16.2. The second-order valence-electron chi connectivity index (χ2n) is 4.31. The molecule has 0 rings (SSSR count). The quantitative estimate of drug-likeness (QED) is 0.677. The van der Waals surface area contributed by atoms with E-state index in [1.54, 1.807) is 0 Å². The maximum atomic E-state index is 11.4. The van der Waals surface area contributed by atoms with E-state index in [0.29, 0.717) is 19.5 Å². The summed E-state index contributed by atoms with van der Waals surface area (Å²) in [6.07, 6.45) is 0.565. The standard InChI is InChI=1S/C10H20N2O2/c1-10(2,3)8(13)4-5-9(14)12-7-6-11/h4-7,11H2,1-3H3,(H,12,14). The summed E-state index contributed by atoms with van der Waals surface area (Å²) in [7, 11) is 0. The van der Waals surface area contributed by atoms with Crippen LogP contribution in [0.3, 0.4) is 0 Å². The van der Waals surface area contributed by atoms with Gasteiger partial charge in [0.15, 0.2) is 0 Å². The third-order valence-corrected chi connectivity index (χ3v) is 1.88. The Kier molecular flexibility index (Phi) is 5.38. The predicted octanol–water partition coefficient (Wildman–Crippen LogP) is 0.457. The lowest BCUT2D eigenvalue weighted by molar-refractivity contribution is -0.129. The maximum absolute atomic E-state index is 11.4. The van der Waals surface area contributed by atoms with Crippen molar-refractivity contribution in [2.75, 3.05) is 13.1 Å². The summed E-state index contributed by atoms with van der Waals surface area (Å²) in [6.45, 7) is 6.47. The molecule has 0 bridgehead atoms. The molecule has 0 aliphatic heterocycles. The van der Waals surface area contributed by atoms with E-state index in [2.05, 4.69) is 5.32 Å². The molecule has 0 saturated carbocycles. The lowest BCUT2D eigenvalue weighted by Gasteiger charge is -2.15. The number of carbonyl (C=O) groups excluding carboxylic acids is 2. The summed E-state index contributed by atoms with van der Waals surface area (Å²) in [5.41, 5.74) is 4.87. The highest BCUT2D eigenvalue weighted by molar-refractivity contribution is 5.88.